The van der Waals surface area contributed by atoms with Crippen molar-refractivity contribution in [3.8, 4) is 0 Å². The number of carbonyl (C=O) groups is 1. The van der Waals surface area contributed by atoms with Crippen molar-refractivity contribution in [3.63, 3.8) is 0 Å². The first-order chi connectivity index (χ1) is 8.26. The first-order valence-corrected chi connectivity index (χ1v) is 6.86. The summed E-state index contributed by atoms with van der Waals surface area (Å²) in [5.74, 6) is 3.21. The molecule has 0 heterocycles. The molecule has 4 bridgehead atoms. The van der Waals surface area contributed by atoms with Crippen LogP contribution in [0.2, 0.25) is 0 Å². The second kappa shape index (κ2) is 4.46. The minimum atomic E-state index is -0.491. The summed E-state index contributed by atoms with van der Waals surface area (Å²) in [6, 6.07) is 0.169. The monoisotopic (exact) mass is 240 g/mol. The van der Waals surface area contributed by atoms with Crippen LogP contribution in [0.15, 0.2) is 0 Å². The Bertz CT molecular complexity index is 280. The number of carbonyl (C=O) groups excluding carboxylic acids is 1. The lowest BCUT2D eigenvalue weighted by molar-refractivity contribution is -0.00941. The van der Waals surface area contributed by atoms with Gasteiger partial charge in [0, 0.05) is 12.6 Å². The lowest BCUT2D eigenvalue weighted by atomic mass is 9.54. The zero-order valence-corrected chi connectivity index (χ0v) is 10.1. The van der Waals surface area contributed by atoms with Crippen molar-refractivity contribution in [3.05, 3.63) is 0 Å². The summed E-state index contributed by atoms with van der Waals surface area (Å²) in [5, 5.41) is 5.65. The Morgan fingerprint density at radius 1 is 1.06 bits per heavy atom. The van der Waals surface area contributed by atoms with Crippen LogP contribution < -0.4 is 10.6 Å². The van der Waals surface area contributed by atoms with E-state index in [-0.39, 0.29) is 12.6 Å². The van der Waals surface area contributed by atoms with Crippen molar-refractivity contribution in [2.24, 2.45) is 23.7 Å². The van der Waals surface area contributed by atoms with Crippen molar-refractivity contribution < 1.29 is 9.18 Å². The number of alkyl halides is 1. The van der Waals surface area contributed by atoms with Gasteiger partial charge in [0.25, 0.3) is 0 Å². The van der Waals surface area contributed by atoms with Crippen LogP contribution in [0.5, 0.6) is 0 Å². The van der Waals surface area contributed by atoms with Crippen LogP contribution in [0.25, 0.3) is 0 Å². The fourth-order valence-corrected chi connectivity index (χ4v) is 4.52. The normalized spacial score (nSPS) is 42.5. The zero-order chi connectivity index (χ0) is 11.8. The van der Waals surface area contributed by atoms with E-state index in [2.05, 4.69) is 10.6 Å². The molecule has 0 aliphatic heterocycles. The molecule has 4 saturated carbocycles. The highest BCUT2D eigenvalue weighted by Gasteiger charge is 2.48. The molecule has 96 valence electrons. The standard InChI is InChI=1S/C13H21FN2O/c14-1-2-15-13(17)16-12-10-4-8-3-9(6-10)7-11(12)5-8/h8-12H,1-7H2,(H2,15,16,17). The highest BCUT2D eigenvalue weighted by Crippen LogP contribution is 2.53. The van der Waals surface area contributed by atoms with E-state index in [1.807, 2.05) is 0 Å². The van der Waals surface area contributed by atoms with Gasteiger partial charge in [0.15, 0.2) is 0 Å². The molecule has 0 unspecified atom stereocenters. The van der Waals surface area contributed by atoms with Gasteiger partial charge in [-0.05, 0) is 55.8 Å². The number of amides is 2. The van der Waals surface area contributed by atoms with Gasteiger partial charge in [-0.1, -0.05) is 0 Å². The van der Waals surface area contributed by atoms with E-state index in [0.717, 1.165) is 11.8 Å². The van der Waals surface area contributed by atoms with Gasteiger partial charge in [0.2, 0.25) is 0 Å². The molecular weight excluding hydrogens is 219 g/mol. The van der Waals surface area contributed by atoms with Gasteiger partial charge in [-0.2, -0.15) is 0 Å². The van der Waals surface area contributed by atoms with E-state index in [1.165, 1.54) is 32.1 Å². The molecule has 0 atom stereocenters. The zero-order valence-electron chi connectivity index (χ0n) is 10.1. The minimum absolute atomic E-state index is 0.124. The minimum Gasteiger partial charge on any atom is -0.336 e. The molecule has 0 aromatic carbocycles. The van der Waals surface area contributed by atoms with Crippen molar-refractivity contribution >= 4 is 6.03 Å². The fourth-order valence-electron chi connectivity index (χ4n) is 4.52. The molecule has 2 amide bonds. The van der Waals surface area contributed by atoms with Crippen molar-refractivity contribution in [1.82, 2.24) is 10.6 Å². The maximum Gasteiger partial charge on any atom is 0.315 e. The van der Waals surface area contributed by atoms with Crippen LogP contribution in [0.1, 0.15) is 32.1 Å². The molecule has 4 heteroatoms. The van der Waals surface area contributed by atoms with Gasteiger partial charge in [-0.3, -0.25) is 0 Å². The summed E-state index contributed by atoms with van der Waals surface area (Å²) in [6.07, 6.45) is 6.60. The third-order valence-corrected chi connectivity index (χ3v) is 4.90. The Labute approximate surface area is 102 Å². The summed E-state index contributed by atoms with van der Waals surface area (Å²) >= 11 is 0. The third kappa shape index (κ3) is 2.14. The van der Waals surface area contributed by atoms with Gasteiger partial charge in [0.1, 0.15) is 6.67 Å². The topological polar surface area (TPSA) is 41.1 Å². The molecule has 2 N–H and O–H groups in total. The second-order valence-corrected chi connectivity index (χ2v) is 6.05. The first-order valence-electron chi connectivity index (χ1n) is 6.86. The van der Waals surface area contributed by atoms with Crippen LogP contribution >= 0.6 is 0 Å². The van der Waals surface area contributed by atoms with E-state index in [0.29, 0.717) is 17.9 Å². The average molecular weight is 240 g/mol. The average Bonchev–Trinajstić information content (AvgIpc) is 2.30. The van der Waals surface area contributed by atoms with Gasteiger partial charge in [-0.15, -0.1) is 0 Å². The molecule has 0 aromatic heterocycles. The quantitative estimate of drug-likeness (QED) is 0.779. The lowest BCUT2D eigenvalue weighted by Crippen LogP contribution is -2.57. The van der Waals surface area contributed by atoms with Gasteiger partial charge >= 0.3 is 6.03 Å². The van der Waals surface area contributed by atoms with Crippen molar-refractivity contribution in [1.29, 1.82) is 0 Å². The fraction of sp³-hybridized carbons (Fsp3) is 0.923. The van der Waals surface area contributed by atoms with E-state index >= 15 is 0 Å². The van der Waals surface area contributed by atoms with Gasteiger partial charge in [-0.25, -0.2) is 9.18 Å². The van der Waals surface area contributed by atoms with Crippen LogP contribution in [0.3, 0.4) is 0 Å². The maximum atomic E-state index is 12.0. The van der Waals surface area contributed by atoms with Crippen molar-refractivity contribution in [2.45, 2.75) is 38.1 Å². The molecule has 4 rings (SSSR count). The molecule has 4 aliphatic rings. The molecule has 4 aliphatic carbocycles. The number of rotatable bonds is 3. The predicted molar refractivity (Wildman–Crippen MR) is 63.3 cm³/mol. The van der Waals surface area contributed by atoms with Crippen molar-refractivity contribution in [2.75, 3.05) is 13.2 Å². The molecule has 3 nitrogen and oxygen atoms in total. The van der Waals surface area contributed by atoms with Crippen LogP contribution in [0.4, 0.5) is 9.18 Å². The second-order valence-electron chi connectivity index (χ2n) is 6.05. The van der Waals surface area contributed by atoms with E-state index in [4.69, 9.17) is 0 Å². The summed E-state index contributed by atoms with van der Waals surface area (Å²) in [5.41, 5.74) is 0. The summed E-state index contributed by atoms with van der Waals surface area (Å²) in [7, 11) is 0. The number of halogens is 1. The maximum absolute atomic E-state index is 12.0. The van der Waals surface area contributed by atoms with Crippen LogP contribution in [0, 0.1) is 23.7 Å². The lowest BCUT2D eigenvalue weighted by Gasteiger charge is -2.54. The molecule has 17 heavy (non-hydrogen) atoms. The van der Waals surface area contributed by atoms with Gasteiger partial charge < -0.3 is 10.6 Å². The number of urea groups is 1. The predicted octanol–water partition coefficient (Wildman–Crippen LogP) is 2.08. The van der Waals surface area contributed by atoms with Crippen LogP contribution in [-0.4, -0.2) is 25.3 Å². The number of nitrogens with one attached hydrogen (secondary N) is 2. The summed E-state index contributed by atoms with van der Waals surface area (Å²) in [6.45, 7) is -0.367. The Balaban J connectivity index is 1.58. The molecule has 0 radical (unpaired) electrons. The Morgan fingerprint density at radius 2 is 1.65 bits per heavy atom. The first kappa shape index (κ1) is 11.3. The molecule has 0 spiro atoms. The van der Waals surface area contributed by atoms with E-state index in [9.17, 15) is 9.18 Å². The largest absolute Gasteiger partial charge is 0.336 e. The molecule has 4 fully saturated rings. The van der Waals surface area contributed by atoms with E-state index < -0.39 is 6.67 Å². The Hall–Kier alpha value is -0.800. The Kier molecular flexibility index (Phi) is 2.97. The number of hydrogen-bond donors (Lipinski definition) is 2. The Morgan fingerprint density at radius 3 is 2.18 bits per heavy atom. The summed E-state index contributed by atoms with van der Waals surface area (Å²) < 4.78 is 12.0. The number of hydrogen-bond acceptors (Lipinski definition) is 1. The SMILES string of the molecule is O=C(NCCF)NC1C2CC3CC(C2)CC1C3. The highest BCUT2D eigenvalue weighted by atomic mass is 19.1. The molecule has 0 aromatic rings. The molecular formula is C13H21FN2O. The highest BCUT2D eigenvalue weighted by molar-refractivity contribution is 5.74. The molecule has 0 saturated heterocycles. The van der Waals surface area contributed by atoms with E-state index in [1.54, 1.807) is 0 Å². The smallest absolute Gasteiger partial charge is 0.315 e. The van der Waals surface area contributed by atoms with Gasteiger partial charge in [0.05, 0.1) is 0 Å². The summed E-state index contributed by atoms with van der Waals surface area (Å²) in [4.78, 5) is 11.6. The van der Waals surface area contributed by atoms with Crippen LogP contribution in [-0.2, 0) is 0 Å². The third-order valence-electron chi connectivity index (χ3n) is 4.90.